The molecule has 1 amide bonds. The van der Waals surface area contributed by atoms with Crippen molar-refractivity contribution >= 4 is 11.6 Å². The van der Waals surface area contributed by atoms with Crippen LogP contribution in [0.3, 0.4) is 0 Å². The highest BCUT2D eigenvalue weighted by molar-refractivity contribution is 5.90. The number of halogens is 3. The summed E-state index contributed by atoms with van der Waals surface area (Å²) < 4.78 is 50.8. The van der Waals surface area contributed by atoms with Gasteiger partial charge in [-0.05, 0) is 42.8 Å². The van der Waals surface area contributed by atoms with Crippen LogP contribution < -0.4 is 10.1 Å². The zero-order valence-corrected chi connectivity index (χ0v) is 19.1. The Morgan fingerprint density at radius 2 is 1.74 bits per heavy atom. The number of carbonyl (C=O) groups excluding carboxylic acids is 1. The highest BCUT2D eigenvalue weighted by Crippen LogP contribution is 2.31. The normalized spacial score (nSPS) is 11.4. The van der Waals surface area contributed by atoms with Crippen molar-refractivity contribution in [1.82, 2.24) is 14.8 Å². The molecule has 2 aromatic carbocycles. The Morgan fingerprint density at radius 1 is 1.03 bits per heavy atom. The lowest BCUT2D eigenvalue weighted by Gasteiger charge is -2.10. The summed E-state index contributed by atoms with van der Waals surface area (Å²) in [6.45, 7) is 2.63. The van der Waals surface area contributed by atoms with Crippen LogP contribution in [0.2, 0.25) is 0 Å². The van der Waals surface area contributed by atoms with Gasteiger partial charge in [-0.1, -0.05) is 31.9 Å². The van der Waals surface area contributed by atoms with Gasteiger partial charge in [0.2, 0.25) is 5.91 Å². The zero-order chi connectivity index (χ0) is 24.6. The largest absolute Gasteiger partial charge is 0.460 e. The average molecular weight is 476 g/mol. The molecular weight excluding hydrogens is 449 g/mol. The maximum atomic E-state index is 13.0. The average Bonchev–Trinajstić information content (AvgIpc) is 3.24. The van der Waals surface area contributed by atoms with Crippen molar-refractivity contribution in [3.8, 4) is 23.1 Å². The molecule has 1 heterocycles. The number of hydrogen-bond acceptors (Lipinski definition) is 5. The molecule has 0 bridgehead atoms. The van der Waals surface area contributed by atoms with Crippen LogP contribution in [0.1, 0.15) is 38.2 Å². The number of nitrogens with one attached hydrogen (secondary N) is 1. The topological polar surface area (TPSA) is 78.3 Å². The van der Waals surface area contributed by atoms with Gasteiger partial charge in [-0.2, -0.15) is 18.2 Å². The molecule has 1 N–H and O–H groups in total. The molecule has 34 heavy (non-hydrogen) atoms. The van der Waals surface area contributed by atoms with Gasteiger partial charge in [0.05, 0.1) is 17.9 Å². The van der Waals surface area contributed by atoms with Crippen LogP contribution in [0, 0.1) is 0 Å². The van der Waals surface area contributed by atoms with E-state index in [9.17, 15) is 18.0 Å². The Balaban J connectivity index is 1.85. The molecule has 0 aliphatic carbocycles. The van der Waals surface area contributed by atoms with Crippen molar-refractivity contribution in [2.24, 2.45) is 0 Å². The maximum absolute atomic E-state index is 13.0. The van der Waals surface area contributed by atoms with Crippen LogP contribution in [0.15, 0.2) is 48.5 Å². The second-order valence-corrected chi connectivity index (χ2v) is 7.60. The van der Waals surface area contributed by atoms with Gasteiger partial charge < -0.3 is 14.8 Å². The van der Waals surface area contributed by atoms with Gasteiger partial charge in [-0.15, -0.1) is 5.10 Å². The molecule has 0 atom stereocenters. The van der Waals surface area contributed by atoms with E-state index in [0.717, 1.165) is 31.4 Å². The number of nitrogens with zero attached hydrogens (tertiary/aromatic N) is 3. The van der Waals surface area contributed by atoms with Crippen molar-refractivity contribution in [2.75, 3.05) is 25.6 Å². The SMILES string of the molecule is CCCCCC(=O)Nc1ccc(-n2nc(OCCOC)nc2-c2ccc(C(F)(F)F)cc2)cc1. The lowest BCUT2D eigenvalue weighted by atomic mass is 10.1. The fraction of sp³-hybridized carbons (Fsp3) is 0.375. The van der Waals surface area contributed by atoms with Crippen molar-refractivity contribution in [3.05, 3.63) is 54.1 Å². The Kier molecular flexibility index (Phi) is 8.64. The summed E-state index contributed by atoms with van der Waals surface area (Å²) in [5.74, 6) is 0.263. The predicted octanol–water partition coefficient (Wildman–Crippen LogP) is 5.50. The number of hydrogen-bond donors (Lipinski definition) is 1. The minimum atomic E-state index is -4.43. The van der Waals surface area contributed by atoms with Crippen LogP contribution >= 0.6 is 0 Å². The number of methoxy groups -OCH3 is 1. The van der Waals surface area contributed by atoms with E-state index in [2.05, 4.69) is 22.3 Å². The van der Waals surface area contributed by atoms with Gasteiger partial charge in [-0.25, -0.2) is 4.68 Å². The van der Waals surface area contributed by atoms with Crippen LogP contribution in [0.5, 0.6) is 6.01 Å². The molecule has 3 rings (SSSR count). The van der Waals surface area contributed by atoms with Crippen LogP contribution in [0.4, 0.5) is 18.9 Å². The molecule has 0 aliphatic heterocycles. The van der Waals surface area contributed by atoms with E-state index in [4.69, 9.17) is 9.47 Å². The highest BCUT2D eigenvalue weighted by atomic mass is 19.4. The second kappa shape index (κ2) is 11.6. The Hall–Kier alpha value is -3.40. The van der Waals surface area contributed by atoms with E-state index < -0.39 is 11.7 Å². The third-order valence-corrected chi connectivity index (χ3v) is 4.98. The smallest absolute Gasteiger partial charge is 0.416 e. The number of unbranched alkanes of at least 4 members (excludes halogenated alkanes) is 2. The third-order valence-electron chi connectivity index (χ3n) is 4.98. The molecule has 0 radical (unpaired) electrons. The van der Waals surface area contributed by atoms with Gasteiger partial charge in [-0.3, -0.25) is 4.79 Å². The number of carbonyl (C=O) groups is 1. The standard InChI is InChI=1S/C24H27F3N4O3/c1-3-4-5-6-21(32)28-19-11-13-20(14-12-19)31-22(29-23(30-31)34-16-15-33-2)17-7-9-18(10-8-17)24(25,26)27/h7-14H,3-6,15-16H2,1-2H3,(H,28,32). The Bertz CT molecular complexity index is 1060. The first-order chi connectivity index (χ1) is 16.3. The molecular formula is C24H27F3N4O3. The van der Waals surface area contributed by atoms with Crippen molar-refractivity contribution in [1.29, 1.82) is 0 Å². The lowest BCUT2D eigenvalue weighted by Crippen LogP contribution is -2.11. The van der Waals surface area contributed by atoms with Crippen LogP contribution in [-0.4, -0.2) is 41.0 Å². The number of ether oxygens (including phenoxy) is 2. The Labute approximate surface area is 195 Å². The quantitative estimate of drug-likeness (QED) is 0.370. The maximum Gasteiger partial charge on any atom is 0.416 e. The summed E-state index contributed by atoms with van der Waals surface area (Å²) in [6.07, 6.45) is -1.10. The summed E-state index contributed by atoms with van der Waals surface area (Å²) in [6, 6.07) is 11.7. The van der Waals surface area contributed by atoms with Gasteiger partial charge >= 0.3 is 12.2 Å². The number of aromatic nitrogens is 3. The summed E-state index contributed by atoms with van der Waals surface area (Å²) in [4.78, 5) is 16.4. The molecule has 0 unspecified atom stereocenters. The zero-order valence-electron chi connectivity index (χ0n) is 19.1. The summed E-state index contributed by atoms with van der Waals surface area (Å²) >= 11 is 0. The number of rotatable bonds is 11. The summed E-state index contributed by atoms with van der Waals surface area (Å²) in [5.41, 5.74) is 0.930. The fourth-order valence-corrected chi connectivity index (χ4v) is 3.19. The van der Waals surface area contributed by atoms with Crippen molar-refractivity contribution in [2.45, 2.75) is 38.8 Å². The minimum absolute atomic E-state index is 0.0544. The van der Waals surface area contributed by atoms with Crippen molar-refractivity contribution in [3.63, 3.8) is 0 Å². The first kappa shape index (κ1) is 25.2. The van der Waals surface area contributed by atoms with Crippen molar-refractivity contribution < 1.29 is 27.4 Å². The van der Waals surface area contributed by atoms with Gasteiger partial charge in [0.1, 0.15) is 6.61 Å². The lowest BCUT2D eigenvalue weighted by molar-refractivity contribution is -0.137. The van der Waals surface area contributed by atoms with Crippen LogP contribution in [-0.2, 0) is 15.7 Å². The van der Waals surface area contributed by atoms with E-state index >= 15 is 0 Å². The predicted molar refractivity (Wildman–Crippen MR) is 122 cm³/mol. The molecule has 3 aromatic rings. The molecule has 0 saturated heterocycles. The minimum Gasteiger partial charge on any atom is -0.460 e. The van der Waals surface area contributed by atoms with E-state index in [1.54, 1.807) is 24.3 Å². The monoisotopic (exact) mass is 476 g/mol. The molecule has 1 aromatic heterocycles. The first-order valence-corrected chi connectivity index (χ1v) is 11.0. The number of benzene rings is 2. The third kappa shape index (κ3) is 6.80. The van der Waals surface area contributed by atoms with Gasteiger partial charge in [0.15, 0.2) is 5.82 Å². The second-order valence-electron chi connectivity index (χ2n) is 7.60. The molecule has 0 fully saturated rings. The number of alkyl halides is 3. The molecule has 0 saturated carbocycles. The molecule has 182 valence electrons. The highest BCUT2D eigenvalue weighted by Gasteiger charge is 2.30. The molecule has 0 aliphatic rings. The van der Waals surface area contributed by atoms with E-state index in [0.29, 0.717) is 35.8 Å². The Morgan fingerprint density at radius 3 is 2.35 bits per heavy atom. The summed E-state index contributed by atoms with van der Waals surface area (Å²) in [7, 11) is 1.53. The van der Waals surface area contributed by atoms with Gasteiger partial charge in [0, 0.05) is 24.8 Å². The van der Waals surface area contributed by atoms with Crippen LogP contribution in [0.25, 0.3) is 17.1 Å². The van der Waals surface area contributed by atoms with E-state index in [1.165, 1.54) is 23.9 Å². The fourth-order valence-electron chi connectivity index (χ4n) is 3.19. The van der Waals surface area contributed by atoms with E-state index in [-0.39, 0.29) is 18.5 Å². The molecule has 7 nitrogen and oxygen atoms in total. The molecule has 0 spiro atoms. The van der Waals surface area contributed by atoms with E-state index in [1.807, 2.05) is 0 Å². The number of anilines is 1. The van der Waals surface area contributed by atoms with Gasteiger partial charge in [0.25, 0.3) is 0 Å². The summed E-state index contributed by atoms with van der Waals surface area (Å²) in [5, 5.41) is 7.21. The number of amides is 1. The first-order valence-electron chi connectivity index (χ1n) is 11.0. The molecule has 10 heteroatoms.